The van der Waals surface area contributed by atoms with Gasteiger partial charge in [-0.2, -0.15) is 0 Å². The van der Waals surface area contributed by atoms with Gasteiger partial charge in [-0.3, -0.25) is 19.9 Å². The third kappa shape index (κ3) is 5.15. The Kier molecular flexibility index (Phi) is 7.76. The van der Waals surface area contributed by atoms with E-state index in [0.29, 0.717) is 5.30 Å². The number of pyridine rings is 4. The SMILES string of the molecule is O=P(c1ccccc1)(c1cccc(-c2[c-]cc(F)nc2F)n1)c1cccc(-c2[c-]cc(F)nc2F)n1.[Pt+2]. The molecular weight excluding hydrogens is 686 g/mol. The van der Waals surface area contributed by atoms with Crippen molar-refractivity contribution in [3.63, 3.8) is 0 Å². The fourth-order valence-corrected chi connectivity index (χ4v) is 6.05. The topological polar surface area (TPSA) is 68.6 Å². The molecule has 0 saturated heterocycles. The van der Waals surface area contributed by atoms with Crippen LogP contribution in [0.1, 0.15) is 0 Å². The number of benzene rings is 1. The van der Waals surface area contributed by atoms with Gasteiger partial charge in [0.2, 0.25) is 7.14 Å². The molecule has 0 atom stereocenters. The minimum absolute atomic E-state index is 0. The average Bonchev–Trinajstić information content (AvgIpc) is 2.89. The van der Waals surface area contributed by atoms with Crippen LogP contribution in [-0.2, 0) is 25.6 Å². The first-order valence-corrected chi connectivity index (χ1v) is 12.2. The number of hydrogen-bond donors (Lipinski definition) is 0. The number of aromatic nitrogens is 4. The second-order valence-electron chi connectivity index (χ2n) is 7.48. The van der Waals surface area contributed by atoms with E-state index in [1.807, 2.05) is 0 Å². The fraction of sp³-hybridized carbons (Fsp3) is 0. The molecule has 186 valence electrons. The summed E-state index contributed by atoms with van der Waals surface area (Å²) in [6.07, 6.45) is 0. The predicted molar refractivity (Wildman–Crippen MR) is 125 cm³/mol. The molecule has 5 rings (SSSR count). The maximum atomic E-state index is 14.8. The minimum Gasteiger partial charge on any atom is -0.305 e. The van der Waals surface area contributed by atoms with Crippen LogP contribution in [0.2, 0.25) is 0 Å². The molecule has 11 heteroatoms. The first-order valence-electron chi connectivity index (χ1n) is 10.5. The largest absolute Gasteiger partial charge is 2.00 e. The Morgan fingerprint density at radius 3 is 1.49 bits per heavy atom. The van der Waals surface area contributed by atoms with E-state index in [2.05, 4.69) is 32.1 Å². The predicted octanol–water partition coefficient (Wildman–Crippen LogP) is 4.39. The Bertz CT molecular complexity index is 1540. The van der Waals surface area contributed by atoms with Gasteiger partial charge in [0.25, 0.3) is 0 Å². The molecule has 0 spiro atoms. The van der Waals surface area contributed by atoms with E-state index >= 15 is 0 Å². The smallest absolute Gasteiger partial charge is 0.305 e. The Labute approximate surface area is 223 Å². The van der Waals surface area contributed by atoms with E-state index in [9.17, 15) is 22.1 Å². The molecule has 0 fully saturated rings. The number of hydrogen-bond acceptors (Lipinski definition) is 5. The van der Waals surface area contributed by atoms with Gasteiger partial charge in [0.15, 0.2) is 0 Å². The Balaban J connectivity index is 0.00000320. The molecule has 0 radical (unpaired) electrons. The van der Waals surface area contributed by atoms with Gasteiger partial charge in [-0.25, -0.2) is 17.6 Å². The van der Waals surface area contributed by atoms with Gasteiger partial charge in [0.05, 0.1) is 10.9 Å². The second-order valence-corrected chi connectivity index (χ2v) is 10.1. The number of halogens is 4. The average molecular weight is 699 g/mol. The molecule has 0 aliphatic carbocycles. The van der Waals surface area contributed by atoms with Crippen molar-refractivity contribution in [3.05, 3.63) is 115 Å². The van der Waals surface area contributed by atoms with E-state index in [4.69, 9.17) is 0 Å². The molecule has 0 aliphatic heterocycles. The van der Waals surface area contributed by atoms with Crippen LogP contribution >= 0.6 is 7.14 Å². The normalized spacial score (nSPS) is 11.1. The maximum absolute atomic E-state index is 14.8. The quantitative estimate of drug-likeness (QED) is 0.118. The van der Waals surface area contributed by atoms with E-state index in [1.54, 1.807) is 30.3 Å². The summed E-state index contributed by atoms with van der Waals surface area (Å²) < 4.78 is 70.0. The minimum atomic E-state index is -3.80. The van der Waals surface area contributed by atoms with Crippen molar-refractivity contribution in [1.29, 1.82) is 0 Å². The Hall–Kier alpha value is -3.54. The van der Waals surface area contributed by atoms with E-state index in [1.165, 1.54) is 36.4 Å². The summed E-state index contributed by atoms with van der Waals surface area (Å²) >= 11 is 0. The molecule has 5 nitrogen and oxygen atoms in total. The van der Waals surface area contributed by atoms with E-state index in [-0.39, 0.29) is 54.5 Å². The van der Waals surface area contributed by atoms with Crippen molar-refractivity contribution < 1.29 is 43.2 Å². The third-order valence-electron chi connectivity index (χ3n) is 5.24. The Morgan fingerprint density at radius 1 is 0.595 bits per heavy atom. The number of nitrogens with zero attached hydrogens (tertiary/aromatic N) is 4. The van der Waals surface area contributed by atoms with Crippen molar-refractivity contribution in [3.8, 4) is 22.5 Å². The zero-order valence-electron chi connectivity index (χ0n) is 18.5. The van der Waals surface area contributed by atoms with Crippen LogP contribution < -0.4 is 16.2 Å². The molecular formula is C26H13F4N4OPPt. The van der Waals surface area contributed by atoms with Crippen molar-refractivity contribution in [2.24, 2.45) is 0 Å². The van der Waals surface area contributed by atoms with Crippen LogP contribution in [-0.4, -0.2) is 19.9 Å². The van der Waals surface area contributed by atoms with E-state index in [0.717, 1.165) is 12.1 Å². The summed E-state index contributed by atoms with van der Waals surface area (Å²) in [7, 11) is -3.80. The molecule has 37 heavy (non-hydrogen) atoms. The second kappa shape index (κ2) is 10.8. The van der Waals surface area contributed by atoms with Gasteiger partial charge < -0.3 is 4.57 Å². The van der Waals surface area contributed by atoms with Crippen LogP contribution in [0.15, 0.2) is 78.9 Å². The zero-order valence-corrected chi connectivity index (χ0v) is 21.6. The first kappa shape index (κ1) is 26.5. The third-order valence-corrected chi connectivity index (χ3v) is 8.05. The summed E-state index contributed by atoms with van der Waals surface area (Å²) in [6.45, 7) is 0. The fourth-order valence-electron chi connectivity index (χ4n) is 3.60. The van der Waals surface area contributed by atoms with Crippen molar-refractivity contribution in [2.75, 3.05) is 0 Å². The van der Waals surface area contributed by atoms with Gasteiger partial charge in [-0.15, -0.1) is 12.1 Å². The van der Waals surface area contributed by atoms with Crippen LogP contribution in [0.4, 0.5) is 17.6 Å². The Morgan fingerprint density at radius 2 is 1.05 bits per heavy atom. The molecule has 4 heterocycles. The summed E-state index contributed by atoms with van der Waals surface area (Å²) in [5.74, 6) is -4.32. The van der Waals surface area contributed by atoms with Gasteiger partial charge in [-0.1, -0.05) is 77.9 Å². The van der Waals surface area contributed by atoms with Gasteiger partial charge in [0.1, 0.15) is 23.8 Å². The van der Waals surface area contributed by atoms with Crippen LogP contribution in [0.25, 0.3) is 22.5 Å². The van der Waals surface area contributed by atoms with E-state index < -0.39 is 30.9 Å². The first-order chi connectivity index (χ1) is 17.4. The molecule has 4 aromatic heterocycles. The van der Waals surface area contributed by atoms with Crippen molar-refractivity contribution >= 4 is 23.3 Å². The summed E-state index contributed by atoms with van der Waals surface area (Å²) in [4.78, 5) is 15.1. The van der Waals surface area contributed by atoms with Gasteiger partial charge >= 0.3 is 21.1 Å². The molecule has 0 saturated carbocycles. The molecule has 5 aromatic rings. The molecule has 0 bridgehead atoms. The zero-order chi connectivity index (χ0) is 25.3. The van der Waals surface area contributed by atoms with Gasteiger partial charge in [-0.05, 0) is 23.5 Å². The van der Waals surface area contributed by atoms with Crippen molar-refractivity contribution in [1.82, 2.24) is 19.9 Å². The molecule has 0 aliphatic rings. The molecule has 0 N–H and O–H groups in total. The maximum Gasteiger partial charge on any atom is 2.00 e. The molecule has 1 aromatic carbocycles. The summed E-state index contributed by atoms with van der Waals surface area (Å²) in [5.41, 5.74) is -0.231. The van der Waals surface area contributed by atoms with Crippen LogP contribution in [0.5, 0.6) is 0 Å². The molecule has 0 amide bonds. The van der Waals surface area contributed by atoms with Gasteiger partial charge in [0, 0.05) is 5.30 Å². The standard InChI is InChI=1S/C26H13F4N4OP.Pt/c27-21-14-12-17(25(29)33-21)19-8-4-10-23(31-19)36(35,16-6-2-1-3-7-16)24-11-5-9-20(32-24)18-13-15-22(28)34-26(18)30;/h1-11,14-15H;/q-2;+2. The summed E-state index contributed by atoms with van der Waals surface area (Å²) in [6, 6.07) is 23.9. The van der Waals surface area contributed by atoms with Crippen molar-refractivity contribution in [2.45, 2.75) is 0 Å². The van der Waals surface area contributed by atoms with Crippen LogP contribution in [0, 0.1) is 35.9 Å². The monoisotopic (exact) mass is 699 g/mol. The number of rotatable bonds is 5. The molecule has 0 unspecified atom stereocenters. The summed E-state index contributed by atoms with van der Waals surface area (Å²) in [5, 5.41) is 0.364. The van der Waals surface area contributed by atoms with Crippen LogP contribution in [0.3, 0.4) is 0 Å².